The molecule has 3 aromatic heterocycles. The zero-order valence-electron chi connectivity index (χ0n) is 16.7. The largest absolute Gasteiger partial charge is 0.495 e. The third kappa shape index (κ3) is 3.90. The van der Waals surface area contributed by atoms with Gasteiger partial charge in [-0.3, -0.25) is 0 Å². The zero-order chi connectivity index (χ0) is 21.4. The molecule has 1 aliphatic carbocycles. The van der Waals surface area contributed by atoms with E-state index >= 15 is 0 Å². The average molecular weight is 484 g/mol. The van der Waals surface area contributed by atoms with Gasteiger partial charge in [-0.05, 0) is 34.3 Å². The molecule has 0 aliphatic heterocycles. The minimum Gasteiger partial charge on any atom is -0.495 e. The van der Waals surface area contributed by atoms with Crippen LogP contribution in [-0.4, -0.2) is 37.8 Å². The summed E-state index contributed by atoms with van der Waals surface area (Å²) in [4.78, 5) is 12.9. The van der Waals surface area contributed by atoms with E-state index in [-0.39, 0.29) is 17.7 Å². The van der Waals surface area contributed by atoms with Crippen LogP contribution in [0, 0.1) is 5.82 Å². The van der Waals surface area contributed by atoms with E-state index in [1.807, 2.05) is 30.3 Å². The van der Waals surface area contributed by atoms with Crippen molar-refractivity contribution in [2.45, 2.75) is 31.5 Å². The van der Waals surface area contributed by atoms with Crippen molar-refractivity contribution in [1.29, 1.82) is 0 Å². The molecule has 5 rings (SSSR count). The summed E-state index contributed by atoms with van der Waals surface area (Å²) in [7, 11) is 1.57. The lowest BCUT2D eigenvalue weighted by atomic mass is 9.79. The maximum atomic E-state index is 14.7. The van der Waals surface area contributed by atoms with Crippen molar-refractivity contribution in [3.63, 3.8) is 0 Å². The van der Waals surface area contributed by atoms with Crippen LogP contribution in [0.2, 0.25) is 0 Å². The SMILES string of the molecule is COc1cnn2c(-c3nc(Br)ncc3F)c(C3CC(OCc4ccccc4)C3)nc2c1. The van der Waals surface area contributed by atoms with Crippen molar-refractivity contribution < 1.29 is 13.9 Å². The monoisotopic (exact) mass is 483 g/mol. The summed E-state index contributed by atoms with van der Waals surface area (Å²) in [5.74, 6) is 0.175. The molecule has 1 aliphatic rings. The van der Waals surface area contributed by atoms with Crippen molar-refractivity contribution in [3.05, 3.63) is 70.6 Å². The highest BCUT2D eigenvalue weighted by molar-refractivity contribution is 9.10. The summed E-state index contributed by atoms with van der Waals surface area (Å²) in [6.45, 7) is 0.572. The molecule has 0 unspecified atom stereocenters. The van der Waals surface area contributed by atoms with Gasteiger partial charge in [-0.1, -0.05) is 30.3 Å². The fraction of sp³-hybridized carbons (Fsp3) is 0.273. The average Bonchev–Trinajstić information content (AvgIpc) is 3.12. The van der Waals surface area contributed by atoms with Crippen molar-refractivity contribution in [2.24, 2.45) is 0 Å². The first-order valence-electron chi connectivity index (χ1n) is 9.89. The van der Waals surface area contributed by atoms with Crippen molar-refractivity contribution >= 4 is 21.6 Å². The fourth-order valence-corrected chi connectivity index (χ4v) is 4.06. The van der Waals surface area contributed by atoms with Gasteiger partial charge in [0, 0.05) is 12.0 Å². The van der Waals surface area contributed by atoms with E-state index in [1.54, 1.807) is 23.9 Å². The summed E-state index contributed by atoms with van der Waals surface area (Å²) in [6, 6.07) is 11.9. The molecule has 9 heteroatoms. The Morgan fingerprint density at radius 3 is 2.74 bits per heavy atom. The number of halogens is 2. The third-order valence-electron chi connectivity index (χ3n) is 5.46. The van der Waals surface area contributed by atoms with Gasteiger partial charge in [0.05, 0.1) is 37.9 Å². The Morgan fingerprint density at radius 2 is 1.97 bits per heavy atom. The molecule has 4 aromatic rings. The number of rotatable bonds is 6. The number of benzene rings is 1. The number of nitrogens with zero attached hydrogens (tertiary/aromatic N) is 5. The molecule has 0 amide bonds. The first-order chi connectivity index (χ1) is 15.1. The number of hydrogen-bond acceptors (Lipinski definition) is 6. The highest BCUT2D eigenvalue weighted by Gasteiger charge is 2.36. The van der Waals surface area contributed by atoms with E-state index in [4.69, 9.17) is 14.5 Å². The molecule has 158 valence electrons. The molecule has 3 heterocycles. The summed E-state index contributed by atoms with van der Waals surface area (Å²) in [5.41, 5.74) is 3.17. The van der Waals surface area contributed by atoms with Crippen LogP contribution in [-0.2, 0) is 11.3 Å². The summed E-state index contributed by atoms with van der Waals surface area (Å²) in [5, 5.41) is 4.41. The number of ether oxygens (including phenoxy) is 2. The second kappa shape index (κ2) is 8.32. The third-order valence-corrected chi connectivity index (χ3v) is 5.85. The van der Waals surface area contributed by atoms with E-state index in [2.05, 4.69) is 31.0 Å². The highest BCUT2D eigenvalue weighted by atomic mass is 79.9. The van der Waals surface area contributed by atoms with E-state index in [0.717, 1.165) is 30.3 Å². The number of fused-ring (bicyclic) bond motifs is 1. The number of hydrogen-bond donors (Lipinski definition) is 0. The van der Waals surface area contributed by atoms with Gasteiger partial charge < -0.3 is 9.47 Å². The lowest BCUT2D eigenvalue weighted by molar-refractivity contribution is -0.0212. The van der Waals surface area contributed by atoms with Crippen LogP contribution in [0.5, 0.6) is 5.75 Å². The van der Waals surface area contributed by atoms with Gasteiger partial charge in [-0.2, -0.15) is 5.10 Å². The van der Waals surface area contributed by atoms with Crippen molar-refractivity contribution in [2.75, 3.05) is 7.11 Å². The Morgan fingerprint density at radius 1 is 1.16 bits per heavy atom. The molecule has 1 saturated carbocycles. The smallest absolute Gasteiger partial charge is 0.197 e. The maximum absolute atomic E-state index is 14.7. The molecule has 0 spiro atoms. The van der Waals surface area contributed by atoms with Crippen molar-refractivity contribution in [3.8, 4) is 17.1 Å². The molecular weight excluding hydrogens is 465 g/mol. The Bertz CT molecular complexity index is 1230. The van der Waals surface area contributed by atoms with Crippen LogP contribution < -0.4 is 4.74 Å². The van der Waals surface area contributed by atoms with Crippen LogP contribution in [0.15, 0.2) is 53.5 Å². The molecule has 0 saturated heterocycles. The van der Waals surface area contributed by atoms with Crippen LogP contribution in [0.3, 0.4) is 0 Å². The second-order valence-electron chi connectivity index (χ2n) is 7.43. The predicted molar refractivity (Wildman–Crippen MR) is 115 cm³/mol. The van der Waals surface area contributed by atoms with E-state index in [9.17, 15) is 4.39 Å². The highest BCUT2D eigenvalue weighted by Crippen LogP contribution is 2.43. The number of imidazole rings is 1. The molecular formula is C22H19BrFN5O2. The van der Waals surface area contributed by atoms with E-state index in [0.29, 0.717) is 28.4 Å². The van der Waals surface area contributed by atoms with Gasteiger partial charge in [0.2, 0.25) is 0 Å². The number of aromatic nitrogens is 5. The molecule has 1 aromatic carbocycles. The van der Waals surface area contributed by atoms with Crippen LogP contribution in [0.25, 0.3) is 17.0 Å². The molecule has 7 nitrogen and oxygen atoms in total. The minimum atomic E-state index is -0.528. The second-order valence-corrected chi connectivity index (χ2v) is 8.14. The summed E-state index contributed by atoms with van der Waals surface area (Å²) >= 11 is 3.23. The predicted octanol–water partition coefficient (Wildman–Crippen LogP) is 4.56. The fourth-order valence-electron chi connectivity index (χ4n) is 3.78. The maximum Gasteiger partial charge on any atom is 0.197 e. The van der Waals surface area contributed by atoms with Crippen LogP contribution >= 0.6 is 15.9 Å². The standard InChI is InChI=1S/C22H19BrFN5O2/c1-30-16-9-18-27-19(14-7-15(8-14)31-12-13-5-3-2-4-6-13)21(29(18)26-10-16)20-17(24)11-25-22(23)28-20/h2-6,9-11,14-15H,7-8,12H2,1H3. The van der Waals surface area contributed by atoms with Crippen molar-refractivity contribution in [1.82, 2.24) is 24.6 Å². The quantitative estimate of drug-likeness (QED) is 0.374. The molecule has 31 heavy (non-hydrogen) atoms. The van der Waals surface area contributed by atoms with Crippen LogP contribution in [0.1, 0.15) is 30.0 Å². The molecule has 0 N–H and O–H groups in total. The van der Waals surface area contributed by atoms with E-state index in [1.165, 1.54) is 0 Å². The van der Waals surface area contributed by atoms with Gasteiger partial charge in [0.1, 0.15) is 17.1 Å². The molecule has 0 atom stereocenters. The van der Waals surface area contributed by atoms with Crippen LogP contribution in [0.4, 0.5) is 4.39 Å². The lowest BCUT2D eigenvalue weighted by Gasteiger charge is -2.34. The molecule has 1 fully saturated rings. The summed E-state index contributed by atoms with van der Waals surface area (Å²) < 4.78 is 27.9. The number of methoxy groups -OCH3 is 1. The van der Waals surface area contributed by atoms with Gasteiger partial charge in [-0.25, -0.2) is 23.9 Å². The lowest BCUT2D eigenvalue weighted by Crippen LogP contribution is -2.30. The van der Waals surface area contributed by atoms with Gasteiger partial charge in [0.25, 0.3) is 0 Å². The molecule has 0 bridgehead atoms. The minimum absolute atomic E-state index is 0.122. The first kappa shape index (κ1) is 20.0. The van der Waals surface area contributed by atoms with Gasteiger partial charge >= 0.3 is 0 Å². The van der Waals surface area contributed by atoms with E-state index < -0.39 is 5.82 Å². The van der Waals surface area contributed by atoms with Gasteiger partial charge in [0.15, 0.2) is 16.2 Å². The van der Waals surface area contributed by atoms with Gasteiger partial charge in [-0.15, -0.1) is 0 Å². The zero-order valence-corrected chi connectivity index (χ0v) is 18.3. The molecule has 0 radical (unpaired) electrons. The topological polar surface area (TPSA) is 74.4 Å². The Hall–Kier alpha value is -2.91. The first-order valence-corrected chi connectivity index (χ1v) is 10.7. The Kier molecular flexibility index (Phi) is 5.37. The normalized spacial score (nSPS) is 18.2. The Balaban J connectivity index is 1.45. The summed E-state index contributed by atoms with van der Waals surface area (Å²) in [6.07, 6.45) is 4.45. The Labute approximate surface area is 186 Å².